The SMILES string of the molecule is CNC(=O)C1CCCN1CC(=O)c1cccc(F)c1. The van der Waals surface area contributed by atoms with E-state index in [2.05, 4.69) is 5.32 Å². The number of hydrogen-bond donors (Lipinski definition) is 1. The van der Waals surface area contributed by atoms with E-state index < -0.39 is 5.82 Å². The number of likely N-dealkylation sites (N-methyl/N-ethyl adjacent to an activating group) is 1. The predicted molar refractivity (Wildman–Crippen MR) is 69.4 cm³/mol. The summed E-state index contributed by atoms with van der Waals surface area (Å²) in [7, 11) is 1.59. The summed E-state index contributed by atoms with van der Waals surface area (Å²) >= 11 is 0. The number of Topliss-reactive ketones (excluding diaryl/α,β-unsaturated/α-hetero) is 1. The van der Waals surface area contributed by atoms with Crippen LogP contribution in [0.3, 0.4) is 0 Å². The number of ketones is 1. The van der Waals surface area contributed by atoms with E-state index in [0.29, 0.717) is 5.56 Å². The molecule has 102 valence electrons. The second kappa shape index (κ2) is 5.93. The summed E-state index contributed by atoms with van der Waals surface area (Å²) in [5.41, 5.74) is 0.350. The van der Waals surface area contributed by atoms with Crippen molar-refractivity contribution in [2.75, 3.05) is 20.1 Å². The van der Waals surface area contributed by atoms with Crippen LogP contribution in [-0.2, 0) is 4.79 Å². The molecule has 1 fully saturated rings. The summed E-state index contributed by atoms with van der Waals surface area (Å²) in [5.74, 6) is -0.644. The van der Waals surface area contributed by atoms with Crippen molar-refractivity contribution in [3.63, 3.8) is 0 Å². The largest absolute Gasteiger partial charge is 0.358 e. The number of halogens is 1. The maximum Gasteiger partial charge on any atom is 0.237 e. The van der Waals surface area contributed by atoms with E-state index in [-0.39, 0.29) is 24.3 Å². The van der Waals surface area contributed by atoms with Gasteiger partial charge in [-0.05, 0) is 31.5 Å². The Hall–Kier alpha value is -1.75. The quantitative estimate of drug-likeness (QED) is 0.832. The van der Waals surface area contributed by atoms with Crippen LogP contribution in [-0.4, -0.2) is 42.8 Å². The molecule has 19 heavy (non-hydrogen) atoms. The van der Waals surface area contributed by atoms with Gasteiger partial charge in [-0.2, -0.15) is 0 Å². The van der Waals surface area contributed by atoms with Crippen molar-refractivity contribution in [3.05, 3.63) is 35.6 Å². The molecule has 1 aliphatic rings. The van der Waals surface area contributed by atoms with E-state index in [0.717, 1.165) is 19.4 Å². The Morgan fingerprint density at radius 2 is 2.26 bits per heavy atom. The first-order chi connectivity index (χ1) is 9.11. The van der Waals surface area contributed by atoms with Gasteiger partial charge in [0.1, 0.15) is 5.82 Å². The fourth-order valence-electron chi connectivity index (χ4n) is 2.42. The Bertz CT molecular complexity index is 490. The summed E-state index contributed by atoms with van der Waals surface area (Å²) in [5, 5.41) is 2.61. The predicted octanol–water partition coefficient (Wildman–Crippen LogP) is 1.22. The number of rotatable bonds is 4. The van der Waals surface area contributed by atoms with Crippen LogP contribution in [0.25, 0.3) is 0 Å². The first-order valence-corrected chi connectivity index (χ1v) is 6.36. The van der Waals surface area contributed by atoms with Gasteiger partial charge in [0.2, 0.25) is 5.91 Å². The van der Waals surface area contributed by atoms with Gasteiger partial charge in [0.05, 0.1) is 12.6 Å². The molecule has 1 aromatic carbocycles. The van der Waals surface area contributed by atoms with Crippen molar-refractivity contribution in [2.45, 2.75) is 18.9 Å². The molecule has 5 heteroatoms. The molecule has 0 aromatic heterocycles. The fraction of sp³-hybridized carbons (Fsp3) is 0.429. The normalized spacial score (nSPS) is 19.4. The van der Waals surface area contributed by atoms with E-state index in [9.17, 15) is 14.0 Å². The van der Waals surface area contributed by atoms with Crippen LogP contribution in [0.4, 0.5) is 4.39 Å². The first kappa shape index (κ1) is 13.7. The highest BCUT2D eigenvalue weighted by Gasteiger charge is 2.31. The molecule has 1 aliphatic heterocycles. The van der Waals surface area contributed by atoms with E-state index in [4.69, 9.17) is 0 Å². The molecule has 2 rings (SSSR count). The monoisotopic (exact) mass is 264 g/mol. The molecule has 1 amide bonds. The molecular formula is C14H17FN2O2. The zero-order chi connectivity index (χ0) is 13.8. The third-order valence-electron chi connectivity index (χ3n) is 3.41. The van der Waals surface area contributed by atoms with Gasteiger partial charge in [-0.1, -0.05) is 12.1 Å². The summed E-state index contributed by atoms with van der Waals surface area (Å²) in [6.45, 7) is 0.876. The van der Waals surface area contributed by atoms with Crippen LogP contribution in [0.2, 0.25) is 0 Å². The van der Waals surface area contributed by atoms with Crippen molar-refractivity contribution in [3.8, 4) is 0 Å². The van der Waals surface area contributed by atoms with Gasteiger partial charge in [0.25, 0.3) is 0 Å². The Kier molecular flexibility index (Phi) is 4.27. The molecule has 1 N–H and O–H groups in total. The van der Waals surface area contributed by atoms with Gasteiger partial charge in [-0.15, -0.1) is 0 Å². The first-order valence-electron chi connectivity index (χ1n) is 6.36. The topological polar surface area (TPSA) is 49.4 Å². The summed E-state index contributed by atoms with van der Waals surface area (Å²) in [6, 6.07) is 5.40. The van der Waals surface area contributed by atoms with E-state index >= 15 is 0 Å². The molecule has 0 spiro atoms. The van der Waals surface area contributed by atoms with Gasteiger partial charge in [-0.3, -0.25) is 14.5 Å². The Balaban J connectivity index is 2.04. The molecule has 1 aromatic rings. The van der Waals surface area contributed by atoms with Gasteiger partial charge in [0, 0.05) is 12.6 Å². The Morgan fingerprint density at radius 1 is 1.47 bits per heavy atom. The second-order valence-electron chi connectivity index (χ2n) is 4.68. The van der Waals surface area contributed by atoms with Crippen molar-refractivity contribution in [1.29, 1.82) is 0 Å². The van der Waals surface area contributed by atoms with Crippen LogP contribution in [0.1, 0.15) is 23.2 Å². The van der Waals surface area contributed by atoms with Crippen molar-refractivity contribution < 1.29 is 14.0 Å². The smallest absolute Gasteiger partial charge is 0.237 e. The van der Waals surface area contributed by atoms with Gasteiger partial charge >= 0.3 is 0 Å². The lowest BCUT2D eigenvalue weighted by atomic mass is 10.1. The molecule has 0 bridgehead atoms. The molecule has 1 heterocycles. The van der Waals surface area contributed by atoms with Crippen molar-refractivity contribution in [1.82, 2.24) is 10.2 Å². The van der Waals surface area contributed by atoms with Gasteiger partial charge in [-0.25, -0.2) is 4.39 Å². The molecule has 1 atom stereocenters. The van der Waals surface area contributed by atoms with E-state index in [1.54, 1.807) is 13.1 Å². The number of benzene rings is 1. The molecule has 0 aliphatic carbocycles. The summed E-state index contributed by atoms with van der Waals surface area (Å²) in [4.78, 5) is 25.6. The van der Waals surface area contributed by atoms with Crippen LogP contribution < -0.4 is 5.32 Å². The maximum atomic E-state index is 13.1. The lowest BCUT2D eigenvalue weighted by Gasteiger charge is -2.22. The zero-order valence-corrected chi connectivity index (χ0v) is 10.9. The molecule has 4 nitrogen and oxygen atoms in total. The van der Waals surface area contributed by atoms with Crippen molar-refractivity contribution in [2.24, 2.45) is 0 Å². The van der Waals surface area contributed by atoms with E-state index in [1.807, 2.05) is 4.90 Å². The highest BCUT2D eigenvalue weighted by molar-refractivity contribution is 5.98. The Labute approximate surface area is 111 Å². The van der Waals surface area contributed by atoms with Crippen LogP contribution in [0.5, 0.6) is 0 Å². The lowest BCUT2D eigenvalue weighted by molar-refractivity contribution is -0.124. The standard InChI is InChI=1S/C14H17FN2O2/c1-16-14(19)12-6-3-7-17(12)9-13(18)10-4-2-5-11(15)8-10/h2,4-5,8,12H,3,6-7,9H2,1H3,(H,16,19). The van der Waals surface area contributed by atoms with Gasteiger partial charge in [0.15, 0.2) is 5.78 Å². The molecule has 0 saturated carbocycles. The summed E-state index contributed by atoms with van der Waals surface area (Å²) in [6.07, 6.45) is 1.66. The number of likely N-dealkylation sites (tertiary alicyclic amines) is 1. The number of hydrogen-bond acceptors (Lipinski definition) is 3. The second-order valence-corrected chi connectivity index (χ2v) is 4.68. The van der Waals surface area contributed by atoms with Crippen LogP contribution in [0, 0.1) is 5.82 Å². The highest BCUT2D eigenvalue weighted by atomic mass is 19.1. The van der Waals surface area contributed by atoms with Crippen LogP contribution in [0.15, 0.2) is 24.3 Å². The minimum Gasteiger partial charge on any atom is -0.358 e. The Morgan fingerprint density at radius 3 is 2.95 bits per heavy atom. The molecule has 1 saturated heterocycles. The number of amides is 1. The molecular weight excluding hydrogens is 247 g/mol. The maximum absolute atomic E-state index is 13.1. The molecule has 0 radical (unpaired) electrons. The van der Waals surface area contributed by atoms with Crippen molar-refractivity contribution >= 4 is 11.7 Å². The minimum absolute atomic E-state index is 0.0652. The number of nitrogens with one attached hydrogen (secondary N) is 1. The molecule has 1 unspecified atom stereocenters. The van der Waals surface area contributed by atoms with Gasteiger partial charge < -0.3 is 5.32 Å². The third-order valence-corrected chi connectivity index (χ3v) is 3.41. The number of carbonyl (C=O) groups is 2. The third kappa shape index (κ3) is 3.17. The summed E-state index contributed by atoms with van der Waals surface area (Å²) < 4.78 is 13.1. The van der Waals surface area contributed by atoms with E-state index in [1.165, 1.54) is 18.2 Å². The fourth-order valence-corrected chi connectivity index (χ4v) is 2.42. The average Bonchev–Trinajstić information content (AvgIpc) is 2.86. The number of carbonyl (C=O) groups excluding carboxylic acids is 2. The lowest BCUT2D eigenvalue weighted by Crippen LogP contribution is -2.44. The zero-order valence-electron chi connectivity index (χ0n) is 10.9. The highest BCUT2D eigenvalue weighted by Crippen LogP contribution is 2.18. The minimum atomic E-state index is -0.421. The number of nitrogens with zero attached hydrogens (tertiary/aromatic N) is 1. The van der Waals surface area contributed by atoms with Crippen LogP contribution >= 0.6 is 0 Å². The average molecular weight is 264 g/mol.